The molecule has 0 saturated heterocycles. The van der Waals surface area contributed by atoms with Crippen LogP contribution in [0.5, 0.6) is 0 Å². The molecule has 3 N–H and O–H groups in total. The summed E-state index contributed by atoms with van der Waals surface area (Å²) in [6, 6.07) is 1.72. The molecule has 0 atom stereocenters. The van der Waals surface area contributed by atoms with Crippen molar-refractivity contribution in [1.82, 2.24) is 5.32 Å². The second-order valence-electron chi connectivity index (χ2n) is 3.81. The van der Waals surface area contributed by atoms with Crippen LogP contribution in [0.3, 0.4) is 0 Å². The van der Waals surface area contributed by atoms with Gasteiger partial charge in [-0.15, -0.1) is 11.3 Å². The Morgan fingerprint density at radius 2 is 2.24 bits per heavy atom. The summed E-state index contributed by atoms with van der Waals surface area (Å²) in [6.07, 6.45) is 0.836. The van der Waals surface area contributed by atoms with Gasteiger partial charge in [0.1, 0.15) is 0 Å². The Hall–Kier alpha value is -1.01. The molecule has 0 aliphatic rings. The molecule has 0 aliphatic heterocycles. The molecule has 0 saturated carbocycles. The summed E-state index contributed by atoms with van der Waals surface area (Å²) in [6.45, 7) is 2.40. The lowest BCUT2D eigenvalue weighted by atomic mass is 10.2. The van der Waals surface area contributed by atoms with E-state index in [2.05, 4.69) is 5.32 Å². The van der Waals surface area contributed by atoms with Crippen molar-refractivity contribution < 1.29 is 13.6 Å². The van der Waals surface area contributed by atoms with E-state index in [1.807, 2.05) is 13.8 Å². The number of nitrogens with one attached hydrogen (secondary N) is 1. The van der Waals surface area contributed by atoms with Crippen LogP contribution in [0.2, 0.25) is 0 Å². The van der Waals surface area contributed by atoms with Crippen LogP contribution in [-0.4, -0.2) is 24.9 Å². The molecule has 17 heavy (non-hydrogen) atoms. The van der Waals surface area contributed by atoms with E-state index in [1.54, 1.807) is 6.07 Å². The quantitative estimate of drug-likeness (QED) is 0.852. The molecular weight excluding hydrogens is 246 g/mol. The van der Waals surface area contributed by atoms with E-state index in [9.17, 15) is 13.6 Å². The maximum Gasteiger partial charge on any atom is 0.277 e. The van der Waals surface area contributed by atoms with Crippen LogP contribution in [-0.2, 0) is 6.42 Å². The lowest BCUT2D eigenvalue weighted by molar-refractivity contribution is 0.0119. The molecule has 0 aromatic carbocycles. The molecule has 0 aliphatic carbocycles. The Kier molecular flexibility index (Phi) is 4.59. The lowest BCUT2D eigenvalue weighted by Crippen LogP contribution is -2.41. The Labute approximate surface area is 103 Å². The van der Waals surface area contributed by atoms with Gasteiger partial charge in [0.25, 0.3) is 11.8 Å². The summed E-state index contributed by atoms with van der Waals surface area (Å²) in [5.74, 6) is -3.51. The summed E-state index contributed by atoms with van der Waals surface area (Å²) < 4.78 is 25.7. The van der Waals surface area contributed by atoms with E-state index in [1.165, 1.54) is 11.3 Å². The molecule has 0 bridgehead atoms. The molecule has 1 amide bonds. The number of amides is 1. The zero-order valence-corrected chi connectivity index (χ0v) is 10.7. The highest BCUT2D eigenvalue weighted by molar-refractivity contribution is 7.14. The molecule has 1 rings (SSSR count). The van der Waals surface area contributed by atoms with Crippen LogP contribution in [0.4, 0.5) is 8.78 Å². The zero-order chi connectivity index (χ0) is 13.1. The predicted octanol–water partition coefficient (Wildman–Crippen LogP) is 1.94. The third-order valence-electron chi connectivity index (χ3n) is 2.37. The van der Waals surface area contributed by atoms with Crippen LogP contribution in [0, 0.1) is 6.92 Å². The first-order chi connectivity index (χ1) is 7.89. The van der Waals surface area contributed by atoms with Crippen molar-refractivity contribution in [2.24, 2.45) is 5.73 Å². The number of halogens is 2. The third kappa shape index (κ3) is 3.74. The molecule has 96 valence electrons. The number of carbonyl (C=O) groups is 1. The number of alkyl halides is 2. The van der Waals surface area contributed by atoms with Crippen LogP contribution in [0.25, 0.3) is 0 Å². The standard InChI is InChI=1S/C11H16F2N2OS/c1-3-8-7(2)4-9(17-8)10(16)15-6-11(12,13)5-14/h4H,3,5-6,14H2,1-2H3,(H,15,16). The van der Waals surface area contributed by atoms with E-state index in [0.717, 1.165) is 16.9 Å². The van der Waals surface area contributed by atoms with Gasteiger partial charge in [0, 0.05) is 4.88 Å². The van der Waals surface area contributed by atoms with Crippen LogP contribution < -0.4 is 11.1 Å². The lowest BCUT2D eigenvalue weighted by Gasteiger charge is -2.13. The number of rotatable bonds is 5. The van der Waals surface area contributed by atoms with Gasteiger partial charge in [-0.3, -0.25) is 4.79 Å². The highest BCUT2D eigenvalue weighted by Crippen LogP contribution is 2.22. The SMILES string of the molecule is CCc1sc(C(=O)NCC(F)(F)CN)cc1C. The average Bonchev–Trinajstić information content (AvgIpc) is 2.67. The van der Waals surface area contributed by atoms with Crippen molar-refractivity contribution >= 4 is 17.2 Å². The number of carbonyl (C=O) groups excluding carboxylic acids is 1. The van der Waals surface area contributed by atoms with E-state index >= 15 is 0 Å². The van der Waals surface area contributed by atoms with Crippen LogP contribution >= 0.6 is 11.3 Å². The van der Waals surface area contributed by atoms with Crippen molar-refractivity contribution in [3.05, 3.63) is 21.4 Å². The van der Waals surface area contributed by atoms with Gasteiger partial charge < -0.3 is 11.1 Å². The van der Waals surface area contributed by atoms with Crippen LogP contribution in [0.1, 0.15) is 27.0 Å². The van der Waals surface area contributed by atoms with E-state index < -0.39 is 24.9 Å². The zero-order valence-electron chi connectivity index (χ0n) is 9.85. The third-order valence-corrected chi connectivity index (χ3v) is 3.75. The van der Waals surface area contributed by atoms with Gasteiger partial charge >= 0.3 is 0 Å². The first-order valence-electron chi connectivity index (χ1n) is 5.35. The molecule has 0 spiro atoms. The maximum absolute atomic E-state index is 12.8. The number of thiophene rings is 1. The Morgan fingerprint density at radius 1 is 1.59 bits per heavy atom. The molecule has 1 heterocycles. The number of hydrogen-bond donors (Lipinski definition) is 2. The van der Waals surface area contributed by atoms with Gasteiger partial charge in [-0.1, -0.05) is 6.92 Å². The monoisotopic (exact) mass is 262 g/mol. The molecule has 1 aromatic heterocycles. The molecule has 3 nitrogen and oxygen atoms in total. The number of aryl methyl sites for hydroxylation is 2. The van der Waals surface area contributed by atoms with Crippen molar-refractivity contribution in [1.29, 1.82) is 0 Å². The summed E-state index contributed by atoms with van der Waals surface area (Å²) >= 11 is 1.34. The first kappa shape index (κ1) is 14.1. The Bertz CT molecular complexity index is 404. The topological polar surface area (TPSA) is 55.1 Å². The smallest absolute Gasteiger partial charge is 0.277 e. The molecule has 1 aromatic rings. The Balaban J connectivity index is 2.64. The average molecular weight is 262 g/mol. The molecule has 0 unspecified atom stereocenters. The minimum absolute atomic E-state index is 0.465. The van der Waals surface area contributed by atoms with Crippen LogP contribution in [0.15, 0.2) is 6.07 Å². The van der Waals surface area contributed by atoms with Crippen molar-refractivity contribution in [3.63, 3.8) is 0 Å². The number of nitrogens with two attached hydrogens (primary N) is 1. The van der Waals surface area contributed by atoms with Gasteiger partial charge in [-0.2, -0.15) is 0 Å². The highest BCUT2D eigenvalue weighted by atomic mass is 32.1. The van der Waals surface area contributed by atoms with Crippen molar-refractivity contribution in [2.75, 3.05) is 13.1 Å². The normalized spacial score (nSPS) is 11.6. The fourth-order valence-electron chi connectivity index (χ4n) is 1.35. The van der Waals surface area contributed by atoms with Gasteiger partial charge in [0.2, 0.25) is 0 Å². The largest absolute Gasteiger partial charge is 0.345 e. The molecule has 0 fully saturated rings. The molecule has 6 heteroatoms. The second kappa shape index (κ2) is 5.55. The second-order valence-corrected chi connectivity index (χ2v) is 4.95. The fraction of sp³-hybridized carbons (Fsp3) is 0.545. The summed E-state index contributed by atoms with van der Waals surface area (Å²) in [7, 11) is 0. The van der Waals surface area contributed by atoms with Crippen molar-refractivity contribution in [2.45, 2.75) is 26.2 Å². The first-order valence-corrected chi connectivity index (χ1v) is 6.16. The minimum Gasteiger partial charge on any atom is -0.345 e. The van der Waals surface area contributed by atoms with Gasteiger partial charge in [0.05, 0.1) is 18.0 Å². The predicted molar refractivity (Wildman–Crippen MR) is 64.8 cm³/mol. The maximum atomic E-state index is 12.8. The fourth-order valence-corrected chi connectivity index (χ4v) is 2.38. The Morgan fingerprint density at radius 3 is 2.71 bits per heavy atom. The van der Waals surface area contributed by atoms with E-state index in [4.69, 9.17) is 5.73 Å². The van der Waals surface area contributed by atoms with Gasteiger partial charge in [0.15, 0.2) is 0 Å². The number of hydrogen-bond acceptors (Lipinski definition) is 3. The summed E-state index contributed by atoms with van der Waals surface area (Å²) in [5, 5.41) is 2.20. The summed E-state index contributed by atoms with van der Waals surface area (Å²) in [5.41, 5.74) is 5.90. The molecular formula is C11H16F2N2OS. The van der Waals surface area contributed by atoms with E-state index in [-0.39, 0.29) is 0 Å². The highest BCUT2D eigenvalue weighted by Gasteiger charge is 2.27. The minimum atomic E-state index is -3.05. The van der Waals surface area contributed by atoms with Gasteiger partial charge in [-0.25, -0.2) is 8.78 Å². The summed E-state index contributed by atoms with van der Waals surface area (Å²) in [4.78, 5) is 13.2. The molecule has 0 radical (unpaired) electrons. The van der Waals surface area contributed by atoms with Gasteiger partial charge in [-0.05, 0) is 25.0 Å². The van der Waals surface area contributed by atoms with Crippen molar-refractivity contribution in [3.8, 4) is 0 Å². The van der Waals surface area contributed by atoms with E-state index in [0.29, 0.717) is 4.88 Å².